The summed E-state index contributed by atoms with van der Waals surface area (Å²) in [6, 6.07) is -0.0539. The van der Waals surface area contributed by atoms with Gasteiger partial charge in [-0.25, -0.2) is 9.97 Å². The highest BCUT2D eigenvalue weighted by atomic mass is 32.1. The average Bonchev–Trinajstić information content (AvgIpc) is 2.81. The SMILES string of the molecule is Cc1nc([C@@H](C)NC(=O)Cc2sc(C)nc2C)c(C)s1. The van der Waals surface area contributed by atoms with E-state index in [-0.39, 0.29) is 11.9 Å². The topological polar surface area (TPSA) is 54.9 Å². The Labute approximate surface area is 127 Å². The fourth-order valence-corrected chi connectivity index (χ4v) is 4.04. The molecule has 2 aromatic rings. The predicted molar refractivity (Wildman–Crippen MR) is 83.4 cm³/mol. The Hall–Kier alpha value is -1.27. The van der Waals surface area contributed by atoms with Crippen LogP contribution in [0, 0.1) is 27.7 Å². The van der Waals surface area contributed by atoms with Crippen molar-refractivity contribution in [2.75, 3.05) is 0 Å². The lowest BCUT2D eigenvalue weighted by atomic mass is 10.2. The highest BCUT2D eigenvalue weighted by Gasteiger charge is 2.17. The van der Waals surface area contributed by atoms with Crippen molar-refractivity contribution in [3.8, 4) is 0 Å². The molecule has 2 aromatic heterocycles. The zero-order chi connectivity index (χ0) is 14.9. The summed E-state index contributed by atoms with van der Waals surface area (Å²) < 4.78 is 0. The maximum absolute atomic E-state index is 12.1. The van der Waals surface area contributed by atoms with E-state index in [0.29, 0.717) is 6.42 Å². The van der Waals surface area contributed by atoms with Gasteiger partial charge in [0.2, 0.25) is 5.91 Å². The molecule has 0 saturated heterocycles. The van der Waals surface area contributed by atoms with E-state index >= 15 is 0 Å². The first-order valence-electron chi connectivity index (χ1n) is 6.53. The van der Waals surface area contributed by atoms with Crippen molar-refractivity contribution in [3.05, 3.63) is 31.2 Å². The number of nitrogens with one attached hydrogen (secondary N) is 1. The lowest BCUT2D eigenvalue weighted by Gasteiger charge is -2.12. The zero-order valence-electron chi connectivity index (χ0n) is 12.4. The minimum Gasteiger partial charge on any atom is -0.348 e. The molecule has 1 N–H and O–H groups in total. The molecule has 1 atom stereocenters. The molecule has 6 heteroatoms. The van der Waals surface area contributed by atoms with Crippen LogP contribution in [0.4, 0.5) is 0 Å². The summed E-state index contributed by atoms with van der Waals surface area (Å²) in [5.74, 6) is 0.0225. The second kappa shape index (κ2) is 6.01. The van der Waals surface area contributed by atoms with E-state index in [1.54, 1.807) is 22.7 Å². The number of carbonyl (C=O) groups is 1. The molecule has 0 bridgehead atoms. The number of aromatic nitrogens is 2. The minimum atomic E-state index is -0.0539. The summed E-state index contributed by atoms with van der Waals surface area (Å²) >= 11 is 3.25. The Morgan fingerprint density at radius 2 is 1.80 bits per heavy atom. The Kier molecular flexibility index (Phi) is 4.55. The van der Waals surface area contributed by atoms with Crippen LogP contribution in [0.25, 0.3) is 0 Å². The van der Waals surface area contributed by atoms with E-state index in [4.69, 9.17) is 0 Å². The Bertz CT molecular complexity index is 630. The molecule has 2 rings (SSSR count). The average molecular weight is 309 g/mol. The van der Waals surface area contributed by atoms with E-state index in [1.165, 1.54) is 4.88 Å². The van der Waals surface area contributed by atoms with Crippen LogP contribution < -0.4 is 5.32 Å². The van der Waals surface area contributed by atoms with E-state index in [9.17, 15) is 4.79 Å². The van der Waals surface area contributed by atoms with E-state index in [1.807, 2.05) is 34.6 Å². The van der Waals surface area contributed by atoms with E-state index < -0.39 is 0 Å². The fourth-order valence-electron chi connectivity index (χ4n) is 2.19. The van der Waals surface area contributed by atoms with Gasteiger partial charge in [0.1, 0.15) is 0 Å². The molecule has 20 heavy (non-hydrogen) atoms. The number of hydrogen-bond donors (Lipinski definition) is 1. The molecule has 0 radical (unpaired) electrons. The maximum atomic E-state index is 12.1. The van der Waals surface area contributed by atoms with Crippen LogP contribution in [0.2, 0.25) is 0 Å². The van der Waals surface area contributed by atoms with Crippen molar-refractivity contribution in [1.29, 1.82) is 0 Å². The summed E-state index contributed by atoms with van der Waals surface area (Å²) in [6.07, 6.45) is 0.393. The van der Waals surface area contributed by atoms with Crippen molar-refractivity contribution in [3.63, 3.8) is 0 Å². The molecular weight excluding hydrogens is 290 g/mol. The summed E-state index contributed by atoms with van der Waals surface area (Å²) in [6.45, 7) is 9.91. The second-order valence-corrected chi connectivity index (χ2v) is 7.58. The highest BCUT2D eigenvalue weighted by Crippen LogP contribution is 2.23. The van der Waals surface area contributed by atoms with Gasteiger partial charge in [-0.3, -0.25) is 4.79 Å². The van der Waals surface area contributed by atoms with Crippen LogP contribution >= 0.6 is 22.7 Å². The lowest BCUT2D eigenvalue weighted by molar-refractivity contribution is -0.121. The second-order valence-electron chi connectivity index (χ2n) is 4.88. The van der Waals surface area contributed by atoms with Crippen molar-refractivity contribution in [2.45, 2.75) is 47.1 Å². The maximum Gasteiger partial charge on any atom is 0.225 e. The van der Waals surface area contributed by atoms with Gasteiger partial charge in [-0.15, -0.1) is 22.7 Å². The molecule has 4 nitrogen and oxygen atoms in total. The number of rotatable bonds is 4. The molecule has 2 heterocycles. The third kappa shape index (κ3) is 3.43. The Morgan fingerprint density at radius 3 is 2.30 bits per heavy atom. The molecule has 0 aliphatic rings. The van der Waals surface area contributed by atoms with Gasteiger partial charge in [0.25, 0.3) is 0 Å². The number of carbonyl (C=O) groups excluding carboxylic acids is 1. The third-order valence-corrected chi connectivity index (χ3v) is 5.02. The summed E-state index contributed by atoms with van der Waals surface area (Å²) in [5, 5.41) is 5.06. The van der Waals surface area contributed by atoms with Gasteiger partial charge in [-0.2, -0.15) is 0 Å². The molecule has 0 aliphatic heterocycles. The standard InChI is InChI=1S/C14H19N3OS2/c1-7-12(20-10(4)15-7)6-13(18)16-8(2)14-9(3)19-11(5)17-14/h8H,6H2,1-5H3,(H,16,18)/t8-/m1/s1. The number of amides is 1. The van der Waals surface area contributed by atoms with Crippen molar-refractivity contribution in [1.82, 2.24) is 15.3 Å². The molecular formula is C14H19N3OS2. The van der Waals surface area contributed by atoms with Gasteiger partial charge in [0.05, 0.1) is 33.9 Å². The lowest BCUT2D eigenvalue weighted by Crippen LogP contribution is -2.28. The minimum absolute atomic E-state index is 0.0225. The molecule has 0 fully saturated rings. The van der Waals surface area contributed by atoms with Crippen LogP contribution in [0.1, 0.15) is 44.1 Å². The van der Waals surface area contributed by atoms with Gasteiger partial charge in [0, 0.05) is 9.75 Å². The van der Waals surface area contributed by atoms with Gasteiger partial charge in [-0.05, 0) is 34.6 Å². The van der Waals surface area contributed by atoms with Crippen molar-refractivity contribution in [2.24, 2.45) is 0 Å². The van der Waals surface area contributed by atoms with Gasteiger partial charge in [0.15, 0.2) is 0 Å². The molecule has 1 amide bonds. The fraction of sp³-hybridized carbons (Fsp3) is 0.500. The smallest absolute Gasteiger partial charge is 0.225 e. The first-order valence-corrected chi connectivity index (χ1v) is 8.16. The van der Waals surface area contributed by atoms with Crippen LogP contribution in [-0.4, -0.2) is 15.9 Å². The van der Waals surface area contributed by atoms with Gasteiger partial charge in [-0.1, -0.05) is 0 Å². The number of nitrogens with zero attached hydrogens (tertiary/aromatic N) is 2. The molecule has 108 valence electrons. The van der Waals surface area contributed by atoms with Crippen LogP contribution in [0.15, 0.2) is 0 Å². The Morgan fingerprint density at radius 1 is 1.15 bits per heavy atom. The quantitative estimate of drug-likeness (QED) is 0.943. The van der Waals surface area contributed by atoms with Crippen molar-refractivity contribution >= 4 is 28.6 Å². The van der Waals surface area contributed by atoms with Crippen LogP contribution in [-0.2, 0) is 11.2 Å². The number of aryl methyl sites for hydroxylation is 4. The summed E-state index contributed by atoms with van der Waals surface area (Å²) in [5.41, 5.74) is 1.93. The van der Waals surface area contributed by atoms with E-state index in [0.717, 1.165) is 26.3 Å². The summed E-state index contributed by atoms with van der Waals surface area (Å²) in [4.78, 5) is 23.2. The first-order chi connectivity index (χ1) is 9.36. The highest BCUT2D eigenvalue weighted by molar-refractivity contribution is 7.12. The number of hydrogen-bond acceptors (Lipinski definition) is 5. The molecule has 0 aliphatic carbocycles. The van der Waals surface area contributed by atoms with Crippen LogP contribution in [0.3, 0.4) is 0 Å². The predicted octanol–water partition coefficient (Wildman–Crippen LogP) is 3.25. The van der Waals surface area contributed by atoms with Crippen molar-refractivity contribution < 1.29 is 4.79 Å². The zero-order valence-corrected chi connectivity index (χ0v) is 14.0. The largest absolute Gasteiger partial charge is 0.348 e. The first kappa shape index (κ1) is 15.1. The van der Waals surface area contributed by atoms with Gasteiger partial charge >= 0.3 is 0 Å². The molecule has 0 spiro atoms. The summed E-state index contributed by atoms with van der Waals surface area (Å²) in [7, 11) is 0. The monoisotopic (exact) mass is 309 g/mol. The van der Waals surface area contributed by atoms with Gasteiger partial charge < -0.3 is 5.32 Å². The third-order valence-electron chi connectivity index (χ3n) is 3.05. The normalized spacial score (nSPS) is 12.4. The Balaban J connectivity index is 2.01. The van der Waals surface area contributed by atoms with Crippen LogP contribution in [0.5, 0.6) is 0 Å². The van der Waals surface area contributed by atoms with E-state index in [2.05, 4.69) is 15.3 Å². The molecule has 0 saturated carbocycles. The molecule has 0 unspecified atom stereocenters. The molecule has 0 aromatic carbocycles. The number of thiazole rings is 2.